The predicted octanol–water partition coefficient (Wildman–Crippen LogP) is 5.03. The third-order valence-corrected chi connectivity index (χ3v) is 3.69. The van der Waals surface area contributed by atoms with Crippen LogP contribution in [0.4, 0.5) is 4.39 Å². The summed E-state index contributed by atoms with van der Waals surface area (Å²) in [5, 5.41) is 8.94. The highest BCUT2D eigenvalue weighted by Gasteiger charge is 2.18. The van der Waals surface area contributed by atoms with Crippen molar-refractivity contribution in [3.8, 4) is 5.75 Å². The molecule has 20 heavy (non-hydrogen) atoms. The molecule has 0 saturated heterocycles. The van der Waals surface area contributed by atoms with Crippen molar-refractivity contribution in [1.82, 2.24) is 0 Å². The van der Waals surface area contributed by atoms with Crippen molar-refractivity contribution in [3.63, 3.8) is 0 Å². The van der Waals surface area contributed by atoms with Crippen LogP contribution < -0.4 is 4.74 Å². The highest BCUT2D eigenvalue weighted by molar-refractivity contribution is 9.10. The topological polar surface area (TPSA) is 46.5 Å². The Morgan fingerprint density at radius 3 is 2.55 bits per heavy atom. The maximum atomic E-state index is 13.9. The van der Waals surface area contributed by atoms with E-state index in [1.807, 2.05) is 0 Å². The molecule has 0 aliphatic heterocycles. The first-order valence-corrected chi connectivity index (χ1v) is 7.71. The fourth-order valence-corrected chi connectivity index (χ4v) is 2.38. The number of unbranched alkanes of at least 4 members (excludes halogenated alkanes) is 5. The minimum absolute atomic E-state index is 0.000779. The SMILES string of the molecule is CCCCCCCCOc1ccc(Br)c(C(=O)O)c1F. The van der Waals surface area contributed by atoms with Gasteiger partial charge in [-0.3, -0.25) is 0 Å². The maximum absolute atomic E-state index is 13.9. The van der Waals surface area contributed by atoms with Crippen molar-refractivity contribution in [2.24, 2.45) is 0 Å². The van der Waals surface area contributed by atoms with Gasteiger partial charge in [-0.15, -0.1) is 0 Å². The molecule has 0 spiro atoms. The molecule has 0 fully saturated rings. The van der Waals surface area contributed by atoms with Crippen LogP contribution in [0.3, 0.4) is 0 Å². The lowest BCUT2D eigenvalue weighted by Crippen LogP contribution is -2.06. The molecular formula is C15H20BrFO3. The average molecular weight is 347 g/mol. The molecule has 112 valence electrons. The van der Waals surface area contributed by atoms with Crippen LogP contribution in [0.25, 0.3) is 0 Å². The van der Waals surface area contributed by atoms with Gasteiger partial charge in [0, 0.05) is 4.47 Å². The van der Waals surface area contributed by atoms with E-state index in [0.29, 0.717) is 6.61 Å². The Morgan fingerprint density at radius 2 is 1.90 bits per heavy atom. The van der Waals surface area contributed by atoms with Gasteiger partial charge in [0.2, 0.25) is 0 Å². The molecule has 0 atom stereocenters. The van der Waals surface area contributed by atoms with Gasteiger partial charge in [0.05, 0.1) is 6.61 Å². The Kier molecular flexibility index (Phi) is 7.59. The number of aromatic carboxylic acids is 1. The van der Waals surface area contributed by atoms with Crippen molar-refractivity contribution >= 4 is 21.9 Å². The summed E-state index contributed by atoms with van der Waals surface area (Å²) < 4.78 is 19.5. The van der Waals surface area contributed by atoms with E-state index in [9.17, 15) is 9.18 Å². The lowest BCUT2D eigenvalue weighted by Gasteiger charge is -2.09. The Bertz CT molecular complexity index is 449. The molecule has 0 aliphatic carbocycles. The number of hydrogen-bond donors (Lipinski definition) is 1. The Balaban J connectivity index is 2.45. The largest absolute Gasteiger partial charge is 0.490 e. The number of carboxylic acid groups (broad SMARTS) is 1. The van der Waals surface area contributed by atoms with Gasteiger partial charge in [0.1, 0.15) is 5.56 Å². The number of rotatable bonds is 9. The molecule has 0 aliphatic rings. The smallest absolute Gasteiger partial charge is 0.339 e. The van der Waals surface area contributed by atoms with Gasteiger partial charge in [-0.25, -0.2) is 9.18 Å². The summed E-state index contributed by atoms with van der Waals surface area (Å²) >= 11 is 3.02. The molecule has 3 nitrogen and oxygen atoms in total. The number of ether oxygens (including phenoxy) is 1. The lowest BCUT2D eigenvalue weighted by atomic mass is 10.1. The van der Waals surface area contributed by atoms with Crippen LogP contribution >= 0.6 is 15.9 Å². The summed E-state index contributed by atoms with van der Waals surface area (Å²) in [6.45, 7) is 2.57. The van der Waals surface area contributed by atoms with Crippen LogP contribution in [-0.4, -0.2) is 17.7 Å². The van der Waals surface area contributed by atoms with Crippen LogP contribution in [-0.2, 0) is 0 Å². The minimum atomic E-state index is -1.31. The van der Waals surface area contributed by atoms with Crippen LogP contribution in [0.15, 0.2) is 16.6 Å². The van der Waals surface area contributed by atoms with Crippen molar-refractivity contribution in [2.45, 2.75) is 45.4 Å². The van der Waals surface area contributed by atoms with Gasteiger partial charge in [0.25, 0.3) is 0 Å². The molecular weight excluding hydrogens is 327 g/mol. The van der Waals surface area contributed by atoms with E-state index in [2.05, 4.69) is 22.9 Å². The quantitative estimate of drug-likeness (QED) is 0.638. The molecule has 1 aromatic rings. The molecule has 0 radical (unpaired) electrons. The molecule has 0 amide bonds. The van der Waals surface area contributed by atoms with Crippen molar-refractivity contribution < 1.29 is 19.0 Å². The first kappa shape index (κ1) is 17.0. The van der Waals surface area contributed by atoms with Gasteiger partial charge in [-0.1, -0.05) is 39.0 Å². The van der Waals surface area contributed by atoms with Gasteiger partial charge in [0.15, 0.2) is 11.6 Å². The number of hydrogen-bond acceptors (Lipinski definition) is 2. The first-order chi connectivity index (χ1) is 9.57. The molecule has 5 heteroatoms. The zero-order chi connectivity index (χ0) is 15.0. The number of carboxylic acids is 1. The molecule has 1 aromatic carbocycles. The van der Waals surface area contributed by atoms with Crippen LogP contribution in [0, 0.1) is 5.82 Å². The molecule has 1 N–H and O–H groups in total. The van der Waals surface area contributed by atoms with Crippen molar-refractivity contribution in [3.05, 3.63) is 28.0 Å². The van der Waals surface area contributed by atoms with Crippen LogP contribution in [0.2, 0.25) is 0 Å². The molecule has 0 saturated carbocycles. The molecule has 0 aromatic heterocycles. The monoisotopic (exact) mass is 346 g/mol. The predicted molar refractivity (Wildman–Crippen MR) is 79.9 cm³/mol. The molecule has 0 unspecified atom stereocenters. The molecule has 0 bridgehead atoms. The normalized spacial score (nSPS) is 10.6. The second-order valence-corrected chi connectivity index (χ2v) is 5.51. The van der Waals surface area contributed by atoms with Crippen molar-refractivity contribution in [2.75, 3.05) is 6.61 Å². The van der Waals surface area contributed by atoms with Gasteiger partial charge < -0.3 is 9.84 Å². The Hall–Kier alpha value is -1.10. The van der Waals surface area contributed by atoms with Crippen LogP contribution in [0.5, 0.6) is 5.75 Å². The summed E-state index contributed by atoms with van der Waals surface area (Å²) in [5.74, 6) is -2.13. The first-order valence-electron chi connectivity index (χ1n) is 6.92. The second kappa shape index (κ2) is 8.95. The van der Waals surface area contributed by atoms with E-state index in [-0.39, 0.29) is 15.8 Å². The fourth-order valence-electron chi connectivity index (χ4n) is 1.91. The molecule has 0 heterocycles. The number of carbonyl (C=O) groups is 1. The summed E-state index contributed by atoms with van der Waals surface area (Å²) in [5.41, 5.74) is -0.384. The van der Waals surface area contributed by atoms with Gasteiger partial charge in [-0.2, -0.15) is 0 Å². The van der Waals surface area contributed by atoms with E-state index in [4.69, 9.17) is 9.84 Å². The van der Waals surface area contributed by atoms with E-state index in [1.54, 1.807) is 0 Å². The van der Waals surface area contributed by atoms with E-state index in [1.165, 1.54) is 31.4 Å². The summed E-state index contributed by atoms with van der Waals surface area (Å²) in [7, 11) is 0. The molecule has 1 rings (SSSR count). The lowest BCUT2D eigenvalue weighted by molar-refractivity contribution is 0.0689. The van der Waals surface area contributed by atoms with Crippen LogP contribution in [0.1, 0.15) is 55.8 Å². The highest BCUT2D eigenvalue weighted by Crippen LogP contribution is 2.27. The highest BCUT2D eigenvalue weighted by atomic mass is 79.9. The summed E-state index contributed by atoms with van der Waals surface area (Å²) in [6, 6.07) is 2.94. The maximum Gasteiger partial charge on any atom is 0.339 e. The summed E-state index contributed by atoms with van der Waals surface area (Å²) in [4.78, 5) is 10.9. The third-order valence-electron chi connectivity index (χ3n) is 3.03. The zero-order valence-electron chi connectivity index (χ0n) is 11.6. The minimum Gasteiger partial charge on any atom is -0.490 e. The fraction of sp³-hybridized carbons (Fsp3) is 0.533. The Labute approximate surface area is 127 Å². The number of benzene rings is 1. The summed E-state index contributed by atoms with van der Waals surface area (Å²) in [6.07, 6.45) is 6.71. The average Bonchev–Trinajstić information content (AvgIpc) is 2.39. The third kappa shape index (κ3) is 5.12. The standard InChI is InChI=1S/C15H20BrFO3/c1-2-3-4-5-6-7-10-20-12-9-8-11(16)13(14(12)17)15(18)19/h8-9H,2-7,10H2,1H3,(H,18,19). The van der Waals surface area contributed by atoms with E-state index < -0.39 is 11.8 Å². The second-order valence-electron chi connectivity index (χ2n) is 4.66. The van der Waals surface area contributed by atoms with E-state index >= 15 is 0 Å². The van der Waals surface area contributed by atoms with Gasteiger partial charge >= 0.3 is 5.97 Å². The van der Waals surface area contributed by atoms with E-state index in [0.717, 1.165) is 19.3 Å². The zero-order valence-corrected chi connectivity index (χ0v) is 13.2. The van der Waals surface area contributed by atoms with Crippen molar-refractivity contribution in [1.29, 1.82) is 0 Å². The van der Waals surface area contributed by atoms with Gasteiger partial charge in [-0.05, 0) is 34.5 Å². The number of halogens is 2. The Morgan fingerprint density at radius 1 is 1.25 bits per heavy atom.